The summed E-state index contributed by atoms with van der Waals surface area (Å²) in [5.74, 6) is 0.492. The number of aromatic nitrogens is 4. The van der Waals surface area contributed by atoms with E-state index in [1.807, 2.05) is 25.1 Å². The molecular weight excluding hydrogens is 314 g/mol. The predicted molar refractivity (Wildman–Crippen MR) is 96.3 cm³/mol. The zero-order valence-corrected chi connectivity index (χ0v) is 14.0. The van der Waals surface area contributed by atoms with Gasteiger partial charge in [-0.3, -0.25) is 4.79 Å². The largest absolute Gasteiger partial charge is 0.321 e. The highest BCUT2D eigenvalue weighted by Crippen LogP contribution is 2.11. The molecule has 0 spiro atoms. The minimum Gasteiger partial charge on any atom is -0.321 e. The summed E-state index contributed by atoms with van der Waals surface area (Å²) >= 11 is 0. The van der Waals surface area contributed by atoms with E-state index in [-0.39, 0.29) is 5.91 Å². The molecule has 126 valence electrons. The van der Waals surface area contributed by atoms with Gasteiger partial charge < -0.3 is 5.32 Å². The summed E-state index contributed by atoms with van der Waals surface area (Å²) in [6.45, 7) is 1.97. The predicted octanol–water partition coefficient (Wildman–Crippen LogP) is 3.18. The fraction of sp³-hybridized carbons (Fsp3) is 0.158. The summed E-state index contributed by atoms with van der Waals surface area (Å²) in [5.41, 5.74) is 2.94. The Balaban J connectivity index is 1.54. The number of hydrogen-bond donors (Lipinski definition) is 1. The summed E-state index contributed by atoms with van der Waals surface area (Å²) in [5, 5.41) is 6.83. The van der Waals surface area contributed by atoms with E-state index in [9.17, 15) is 4.79 Å². The number of nitrogens with zero attached hydrogens (tertiary/aromatic N) is 4. The van der Waals surface area contributed by atoms with Crippen LogP contribution in [0.3, 0.4) is 0 Å². The Morgan fingerprint density at radius 1 is 1.20 bits per heavy atom. The Morgan fingerprint density at radius 2 is 2.04 bits per heavy atom. The fourth-order valence-corrected chi connectivity index (χ4v) is 2.38. The second-order valence-electron chi connectivity index (χ2n) is 5.71. The van der Waals surface area contributed by atoms with Crippen molar-refractivity contribution in [3.05, 3.63) is 78.5 Å². The first-order valence-electron chi connectivity index (χ1n) is 8.04. The van der Waals surface area contributed by atoms with Gasteiger partial charge in [0.2, 0.25) is 5.91 Å². The molecule has 6 nitrogen and oxygen atoms in total. The van der Waals surface area contributed by atoms with Gasteiger partial charge >= 0.3 is 0 Å². The Labute approximate surface area is 146 Å². The Bertz CT molecular complexity index is 839. The molecule has 0 aliphatic carbocycles. The van der Waals surface area contributed by atoms with Crippen LogP contribution >= 0.6 is 0 Å². The zero-order valence-electron chi connectivity index (χ0n) is 14.0. The highest BCUT2D eigenvalue weighted by molar-refractivity contribution is 5.99. The maximum atomic E-state index is 12.1. The maximum absolute atomic E-state index is 12.1. The fourth-order valence-electron chi connectivity index (χ4n) is 2.38. The Morgan fingerprint density at radius 3 is 2.72 bits per heavy atom. The molecule has 0 saturated carbocycles. The van der Waals surface area contributed by atoms with Crippen molar-refractivity contribution in [2.75, 3.05) is 5.32 Å². The Hall–Kier alpha value is -3.28. The van der Waals surface area contributed by atoms with Crippen LogP contribution in [0, 0.1) is 0 Å². The van der Waals surface area contributed by atoms with E-state index in [4.69, 9.17) is 0 Å². The van der Waals surface area contributed by atoms with E-state index in [1.54, 1.807) is 35.4 Å². The van der Waals surface area contributed by atoms with Crippen LogP contribution in [0.2, 0.25) is 0 Å². The molecule has 3 rings (SSSR count). The van der Waals surface area contributed by atoms with Crippen LogP contribution in [0.5, 0.6) is 0 Å². The van der Waals surface area contributed by atoms with Crippen LogP contribution in [0.25, 0.3) is 5.82 Å². The maximum Gasteiger partial charge on any atom is 0.248 e. The molecule has 0 bridgehead atoms. The highest BCUT2D eigenvalue weighted by atomic mass is 16.1. The first-order chi connectivity index (χ1) is 12.2. The molecule has 2 aromatic heterocycles. The first kappa shape index (κ1) is 16.6. The quantitative estimate of drug-likeness (QED) is 0.703. The number of aryl methyl sites for hydroxylation is 1. The third kappa shape index (κ3) is 4.84. The molecular formula is C19H19N5O. The van der Waals surface area contributed by atoms with Gasteiger partial charge in [-0.1, -0.05) is 35.9 Å². The smallest absolute Gasteiger partial charge is 0.248 e. The van der Waals surface area contributed by atoms with Crippen molar-refractivity contribution in [3.8, 4) is 5.82 Å². The molecule has 25 heavy (non-hydrogen) atoms. The topological polar surface area (TPSA) is 72.7 Å². The number of pyridine rings is 1. The molecule has 0 saturated heterocycles. The summed E-state index contributed by atoms with van der Waals surface area (Å²) in [6.07, 6.45) is 8.02. The van der Waals surface area contributed by atoms with Crippen LogP contribution in [-0.4, -0.2) is 25.7 Å². The molecule has 6 heteroatoms. The summed E-state index contributed by atoms with van der Waals surface area (Å²) in [6, 6.07) is 13.8. The number of nitrogens with one attached hydrogen (secondary N) is 1. The lowest BCUT2D eigenvalue weighted by atomic mass is 10.1. The molecule has 1 N–H and O–H groups in total. The van der Waals surface area contributed by atoms with Crippen molar-refractivity contribution >= 4 is 11.6 Å². The van der Waals surface area contributed by atoms with Gasteiger partial charge in [0.25, 0.3) is 0 Å². The third-order valence-electron chi connectivity index (χ3n) is 3.70. The normalized spacial score (nSPS) is 11.3. The van der Waals surface area contributed by atoms with Crippen molar-refractivity contribution in [1.82, 2.24) is 19.7 Å². The average Bonchev–Trinajstić information content (AvgIpc) is 3.16. The van der Waals surface area contributed by atoms with Crippen LogP contribution in [0.4, 0.5) is 5.69 Å². The lowest BCUT2D eigenvalue weighted by molar-refractivity contribution is -0.112. The van der Waals surface area contributed by atoms with E-state index in [2.05, 4.69) is 32.5 Å². The van der Waals surface area contributed by atoms with Crippen molar-refractivity contribution < 1.29 is 4.79 Å². The van der Waals surface area contributed by atoms with E-state index in [1.165, 1.54) is 11.9 Å². The van der Waals surface area contributed by atoms with Crippen LogP contribution < -0.4 is 5.32 Å². The second kappa shape index (κ2) is 8.01. The molecule has 1 aromatic carbocycles. The number of allylic oxidation sites excluding steroid dienone is 1. The van der Waals surface area contributed by atoms with Gasteiger partial charge in [-0.05, 0) is 37.5 Å². The highest BCUT2D eigenvalue weighted by Gasteiger charge is 2.03. The van der Waals surface area contributed by atoms with E-state index in [0.717, 1.165) is 18.4 Å². The van der Waals surface area contributed by atoms with Gasteiger partial charge in [0, 0.05) is 6.08 Å². The van der Waals surface area contributed by atoms with Crippen molar-refractivity contribution in [3.63, 3.8) is 0 Å². The molecule has 2 heterocycles. The van der Waals surface area contributed by atoms with Crippen molar-refractivity contribution in [2.45, 2.75) is 19.8 Å². The van der Waals surface area contributed by atoms with Gasteiger partial charge in [0.1, 0.15) is 12.7 Å². The number of amides is 1. The lowest BCUT2D eigenvalue weighted by Crippen LogP contribution is -2.09. The molecule has 1 amide bonds. The van der Waals surface area contributed by atoms with Gasteiger partial charge in [0.15, 0.2) is 5.82 Å². The van der Waals surface area contributed by atoms with E-state index < -0.39 is 0 Å². The third-order valence-corrected chi connectivity index (χ3v) is 3.70. The molecule has 0 radical (unpaired) electrons. The standard InChI is InChI=1S/C19H19N5O/c1-15(7-8-16-5-3-2-4-6-16)11-19(25)23-17-9-10-18(21-12-17)24-14-20-13-22-24/h2-6,9-14H,7-8H2,1H3,(H,23,25). The van der Waals surface area contributed by atoms with Gasteiger partial charge in [-0.2, -0.15) is 5.10 Å². The lowest BCUT2D eigenvalue weighted by Gasteiger charge is -2.05. The van der Waals surface area contributed by atoms with Crippen molar-refractivity contribution in [2.24, 2.45) is 0 Å². The number of anilines is 1. The molecule has 0 fully saturated rings. The first-order valence-corrected chi connectivity index (χ1v) is 8.04. The number of carbonyl (C=O) groups excluding carboxylic acids is 1. The number of carbonyl (C=O) groups is 1. The number of benzene rings is 1. The van der Waals surface area contributed by atoms with Gasteiger partial charge in [-0.15, -0.1) is 0 Å². The minimum absolute atomic E-state index is 0.152. The number of hydrogen-bond acceptors (Lipinski definition) is 4. The second-order valence-corrected chi connectivity index (χ2v) is 5.71. The zero-order chi connectivity index (χ0) is 17.5. The van der Waals surface area contributed by atoms with Crippen LogP contribution in [0.1, 0.15) is 18.9 Å². The summed E-state index contributed by atoms with van der Waals surface area (Å²) in [4.78, 5) is 20.2. The summed E-state index contributed by atoms with van der Waals surface area (Å²) < 4.78 is 1.55. The SMILES string of the molecule is CC(=CC(=O)Nc1ccc(-n2cncn2)nc1)CCc1ccccc1. The minimum atomic E-state index is -0.152. The van der Waals surface area contributed by atoms with Crippen molar-refractivity contribution in [1.29, 1.82) is 0 Å². The monoisotopic (exact) mass is 333 g/mol. The molecule has 0 aliphatic heterocycles. The van der Waals surface area contributed by atoms with E-state index >= 15 is 0 Å². The molecule has 0 unspecified atom stereocenters. The Kier molecular flexibility index (Phi) is 5.31. The molecule has 0 atom stereocenters. The summed E-state index contributed by atoms with van der Waals surface area (Å²) in [7, 11) is 0. The van der Waals surface area contributed by atoms with Gasteiger partial charge in [0.05, 0.1) is 11.9 Å². The van der Waals surface area contributed by atoms with Crippen LogP contribution in [0.15, 0.2) is 73.0 Å². The van der Waals surface area contributed by atoms with Crippen LogP contribution in [-0.2, 0) is 11.2 Å². The molecule has 3 aromatic rings. The average molecular weight is 333 g/mol. The number of rotatable bonds is 6. The molecule has 0 aliphatic rings. The van der Waals surface area contributed by atoms with Gasteiger partial charge in [-0.25, -0.2) is 14.6 Å². The van der Waals surface area contributed by atoms with E-state index in [0.29, 0.717) is 11.5 Å².